The van der Waals surface area contributed by atoms with Crippen molar-refractivity contribution in [1.29, 1.82) is 0 Å². The van der Waals surface area contributed by atoms with Crippen LogP contribution in [0.1, 0.15) is 5.76 Å². The molecule has 24 heavy (non-hydrogen) atoms. The highest BCUT2D eigenvalue weighted by atomic mass is 79.9. The van der Waals surface area contributed by atoms with Crippen molar-refractivity contribution >= 4 is 32.2 Å². The summed E-state index contributed by atoms with van der Waals surface area (Å²) in [6, 6.07) is 19.2. The molecule has 122 valence electrons. The van der Waals surface area contributed by atoms with Crippen LogP contribution < -0.4 is 4.83 Å². The summed E-state index contributed by atoms with van der Waals surface area (Å²) in [4.78, 5) is 2.31. The molecule has 1 heterocycles. The Bertz CT molecular complexity index is 949. The van der Waals surface area contributed by atoms with Crippen molar-refractivity contribution in [1.82, 2.24) is 4.83 Å². The first-order valence-electron chi connectivity index (χ1n) is 7.00. The average molecular weight is 405 g/mol. The van der Waals surface area contributed by atoms with Crippen molar-refractivity contribution in [2.45, 2.75) is 4.90 Å². The van der Waals surface area contributed by atoms with Crippen molar-refractivity contribution < 1.29 is 12.8 Å². The molecule has 0 radical (unpaired) electrons. The summed E-state index contributed by atoms with van der Waals surface area (Å²) >= 11 is 3.38. The Morgan fingerprint density at radius 3 is 2.38 bits per heavy atom. The van der Waals surface area contributed by atoms with E-state index in [-0.39, 0.29) is 4.90 Å². The molecule has 1 N–H and O–H groups in total. The maximum absolute atomic E-state index is 12.0. The lowest BCUT2D eigenvalue weighted by molar-refractivity contribution is 0.573. The van der Waals surface area contributed by atoms with E-state index in [1.165, 1.54) is 18.3 Å². The minimum absolute atomic E-state index is 0.150. The Morgan fingerprint density at radius 2 is 1.67 bits per heavy atom. The van der Waals surface area contributed by atoms with Gasteiger partial charge in [0.05, 0.1) is 11.1 Å². The monoisotopic (exact) mass is 404 g/mol. The zero-order valence-corrected chi connectivity index (χ0v) is 14.8. The summed E-state index contributed by atoms with van der Waals surface area (Å²) in [5.74, 6) is 1.12. The summed E-state index contributed by atoms with van der Waals surface area (Å²) in [5, 5.41) is 3.75. The van der Waals surface area contributed by atoms with Gasteiger partial charge in [0.25, 0.3) is 10.0 Å². The van der Waals surface area contributed by atoms with Gasteiger partial charge in [0.2, 0.25) is 0 Å². The lowest BCUT2D eigenvalue weighted by atomic mass is 10.2. The van der Waals surface area contributed by atoms with E-state index in [9.17, 15) is 8.42 Å². The summed E-state index contributed by atoms with van der Waals surface area (Å²) < 4.78 is 30.7. The van der Waals surface area contributed by atoms with Crippen LogP contribution in [-0.2, 0) is 10.0 Å². The molecule has 7 heteroatoms. The van der Waals surface area contributed by atoms with Gasteiger partial charge < -0.3 is 4.42 Å². The normalized spacial score (nSPS) is 11.7. The number of hydrogen-bond acceptors (Lipinski definition) is 4. The SMILES string of the molecule is O=S(=O)(N/N=C/c1ccc(-c2ccc(Br)cc2)o1)c1ccccc1. The Labute approximate surface area is 148 Å². The van der Waals surface area contributed by atoms with Gasteiger partial charge in [-0.1, -0.05) is 46.3 Å². The van der Waals surface area contributed by atoms with Crippen LogP contribution >= 0.6 is 15.9 Å². The zero-order chi connectivity index (χ0) is 17.0. The molecule has 3 rings (SSSR count). The third-order valence-corrected chi connectivity index (χ3v) is 4.94. The largest absolute Gasteiger partial charge is 0.455 e. The van der Waals surface area contributed by atoms with E-state index in [1.807, 2.05) is 24.3 Å². The third-order valence-electron chi connectivity index (χ3n) is 3.17. The summed E-state index contributed by atoms with van der Waals surface area (Å²) in [6.07, 6.45) is 1.32. The number of rotatable bonds is 5. The van der Waals surface area contributed by atoms with Crippen molar-refractivity contribution in [2.75, 3.05) is 0 Å². The molecule has 0 saturated carbocycles. The highest BCUT2D eigenvalue weighted by molar-refractivity contribution is 9.10. The minimum atomic E-state index is -3.68. The van der Waals surface area contributed by atoms with E-state index in [1.54, 1.807) is 30.3 Å². The first-order chi connectivity index (χ1) is 11.5. The summed E-state index contributed by atoms with van der Waals surface area (Å²) in [7, 11) is -3.68. The molecule has 0 amide bonds. The van der Waals surface area contributed by atoms with E-state index in [0.717, 1.165) is 10.0 Å². The molecule has 0 bridgehead atoms. The van der Waals surface area contributed by atoms with Gasteiger partial charge in [0.1, 0.15) is 11.5 Å². The smallest absolute Gasteiger partial charge is 0.276 e. The second kappa shape index (κ2) is 7.02. The maximum Gasteiger partial charge on any atom is 0.276 e. The Morgan fingerprint density at radius 1 is 0.958 bits per heavy atom. The molecule has 2 aromatic carbocycles. The van der Waals surface area contributed by atoms with Crippen LogP contribution in [0.25, 0.3) is 11.3 Å². The standard InChI is InChI=1S/C17H13BrN2O3S/c18-14-8-6-13(7-9-14)17-11-10-15(23-17)12-19-20-24(21,22)16-4-2-1-3-5-16/h1-12,20H/b19-12+. The van der Waals surface area contributed by atoms with E-state index in [0.29, 0.717) is 11.5 Å². The third kappa shape index (κ3) is 3.93. The number of sulfonamides is 1. The van der Waals surface area contributed by atoms with Crippen LogP contribution in [0.2, 0.25) is 0 Å². The van der Waals surface area contributed by atoms with Crippen LogP contribution in [0, 0.1) is 0 Å². The number of nitrogens with zero attached hydrogens (tertiary/aromatic N) is 1. The van der Waals surface area contributed by atoms with Crippen molar-refractivity contribution in [3.8, 4) is 11.3 Å². The van der Waals surface area contributed by atoms with Crippen molar-refractivity contribution in [3.05, 3.63) is 77.0 Å². The molecule has 1 aromatic heterocycles. The predicted molar refractivity (Wildman–Crippen MR) is 96.2 cm³/mol. The van der Waals surface area contributed by atoms with Gasteiger partial charge in [-0.3, -0.25) is 0 Å². The molecular formula is C17H13BrN2O3S. The van der Waals surface area contributed by atoms with Gasteiger partial charge in [0.15, 0.2) is 0 Å². The number of hydrogen-bond donors (Lipinski definition) is 1. The minimum Gasteiger partial charge on any atom is -0.455 e. The predicted octanol–water partition coefficient (Wildman–Crippen LogP) is 4.02. The molecular weight excluding hydrogens is 392 g/mol. The van der Waals surface area contributed by atoms with Gasteiger partial charge in [-0.15, -0.1) is 0 Å². The fraction of sp³-hybridized carbons (Fsp3) is 0. The van der Waals surface area contributed by atoms with Gasteiger partial charge in [-0.2, -0.15) is 18.4 Å². The van der Waals surface area contributed by atoms with Crippen molar-refractivity contribution in [2.24, 2.45) is 5.10 Å². The van der Waals surface area contributed by atoms with Crippen LogP contribution in [0.3, 0.4) is 0 Å². The number of hydrazone groups is 1. The lowest BCUT2D eigenvalue weighted by Gasteiger charge is -2.01. The van der Waals surface area contributed by atoms with Gasteiger partial charge in [-0.05, 0) is 36.4 Å². The van der Waals surface area contributed by atoms with Gasteiger partial charge in [0, 0.05) is 10.0 Å². The number of nitrogens with one attached hydrogen (secondary N) is 1. The van der Waals surface area contributed by atoms with Gasteiger partial charge in [-0.25, -0.2) is 0 Å². The molecule has 0 spiro atoms. The van der Waals surface area contributed by atoms with Crippen molar-refractivity contribution in [3.63, 3.8) is 0 Å². The molecule has 0 unspecified atom stereocenters. The zero-order valence-electron chi connectivity index (χ0n) is 12.4. The van der Waals surface area contributed by atoms with E-state index in [2.05, 4.69) is 25.9 Å². The molecule has 0 aliphatic heterocycles. The van der Waals surface area contributed by atoms with E-state index >= 15 is 0 Å². The summed E-state index contributed by atoms with van der Waals surface area (Å²) in [6.45, 7) is 0. The quantitative estimate of drug-likeness (QED) is 0.515. The second-order valence-corrected chi connectivity index (χ2v) is 7.45. The van der Waals surface area contributed by atoms with Crippen LogP contribution in [0.15, 0.2) is 85.6 Å². The average Bonchev–Trinajstić information content (AvgIpc) is 3.05. The highest BCUT2D eigenvalue weighted by Crippen LogP contribution is 2.23. The fourth-order valence-electron chi connectivity index (χ4n) is 2.00. The summed E-state index contributed by atoms with van der Waals surface area (Å²) in [5.41, 5.74) is 0.919. The fourth-order valence-corrected chi connectivity index (χ4v) is 3.08. The lowest BCUT2D eigenvalue weighted by Crippen LogP contribution is -2.18. The molecule has 3 aromatic rings. The van der Waals surface area contributed by atoms with E-state index in [4.69, 9.17) is 4.42 Å². The molecule has 0 aliphatic carbocycles. The topological polar surface area (TPSA) is 71.7 Å². The number of halogens is 1. The molecule has 0 saturated heterocycles. The molecule has 0 fully saturated rings. The Balaban J connectivity index is 1.71. The Hall–Kier alpha value is -2.38. The van der Waals surface area contributed by atoms with Crippen LogP contribution in [0.4, 0.5) is 0 Å². The first kappa shape index (κ1) is 16.5. The van der Waals surface area contributed by atoms with Crippen LogP contribution in [0.5, 0.6) is 0 Å². The van der Waals surface area contributed by atoms with E-state index < -0.39 is 10.0 Å². The van der Waals surface area contributed by atoms with Gasteiger partial charge >= 0.3 is 0 Å². The maximum atomic E-state index is 12.0. The molecule has 0 atom stereocenters. The number of furan rings is 1. The Kier molecular flexibility index (Phi) is 4.82. The highest BCUT2D eigenvalue weighted by Gasteiger charge is 2.11. The molecule has 5 nitrogen and oxygen atoms in total. The number of benzene rings is 2. The first-order valence-corrected chi connectivity index (χ1v) is 9.28. The second-order valence-electron chi connectivity index (χ2n) is 4.87. The van der Waals surface area contributed by atoms with Crippen LogP contribution in [-0.4, -0.2) is 14.6 Å². The molecule has 0 aliphatic rings.